The number of H-pyrrole nitrogens is 2. The molecule has 1 fully saturated rings. The van der Waals surface area contributed by atoms with Gasteiger partial charge in [0.1, 0.15) is 0 Å². The number of carboxylic acid groups (broad SMARTS) is 2. The van der Waals surface area contributed by atoms with Crippen LogP contribution in [-0.4, -0.2) is 74.3 Å². The smallest absolute Gasteiger partial charge is 0.303 e. The van der Waals surface area contributed by atoms with E-state index >= 15 is 0 Å². The molecular weight excluding hydrogens is 654 g/mol. The van der Waals surface area contributed by atoms with Crippen LogP contribution in [0.25, 0.3) is 12.2 Å². The number of carbonyl (C=O) groups excluding carboxylic acids is 3. The number of hydrogen-bond donors (Lipinski definition) is 8. The average Bonchev–Trinajstić information content (AvgIpc) is 3.78. The minimum Gasteiger partial charge on any atom is -0.481 e. The largest absolute Gasteiger partial charge is 0.481 e. The third-order valence-electron chi connectivity index (χ3n) is 9.13. The van der Waals surface area contributed by atoms with Crippen molar-refractivity contribution in [3.05, 3.63) is 104 Å². The second-order valence-electron chi connectivity index (χ2n) is 12.5. The van der Waals surface area contributed by atoms with Crippen molar-refractivity contribution in [3.63, 3.8) is 0 Å². The first-order valence-electron chi connectivity index (χ1n) is 16.2. The summed E-state index contributed by atoms with van der Waals surface area (Å²) in [5, 5.41) is 33.9. The molecule has 3 amide bonds. The van der Waals surface area contributed by atoms with Crippen molar-refractivity contribution in [1.29, 1.82) is 5.41 Å². The van der Waals surface area contributed by atoms with Gasteiger partial charge in [-0.1, -0.05) is 25.3 Å². The maximum Gasteiger partial charge on any atom is 0.303 e. The first-order chi connectivity index (χ1) is 24.1. The van der Waals surface area contributed by atoms with E-state index in [-0.39, 0.29) is 49.4 Å². The number of nitrogens with zero attached hydrogens (tertiary/aromatic N) is 1. The summed E-state index contributed by atoms with van der Waals surface area (Å²) in [5.74, 6) is -2.19. The number of aromatic amines is 2. The van der Waals surface area contributed by atoms with Gasteiger partial charge in [0.2, 0.25) is 5.91 Å². The summed E-state index contributed by atoms with van der Waals surface area (Å²) in [6.07, 6.45) is 7.58. The van der Waals surface area contributed by atoms with Gasteiger partial charge in [0.25, 0.3) is 11.8 Å². The number of aromatic nitrogens is 2. The van der Waals surface area contributed by atoms with E-state index in [0.717, 1.165) is 50.6 Å². The predicted octanol–water partition coefficient (Wildman–Crippen LogP) is 3.51. The van der Waals surface area contributed by atoms with Crippen molar-refractivity contribution in [1.82, 2.24) is 30.8 Å². The molecule has 0 saturated carbocycles. The molecule has 3 aliphatic rings. The minimum atomic E-state index is -0.922. The van der Waals surface area contributed by atoms with Crippen LogP contribution < -0.4 is 16.0 Å². The molecule has 0 radical (unpaired) electrons. The van der Waals surface area contributed by atoms with E-state index in [4.69, 9.17) is 5.41 Å². The van der Waals surface area contributed by atoms with Gasteiger partial charge in [0.15, 0.2) is 5.96 Å². The quantitative estimate of drug-likeness (QED) is 0.164. The lowest BCUT2D eigenvalue weighted by Gasteiger charge is -2.07. The summed E-state index contributed by atoms with van der Waals surface area (Å²) < 4.78 is 0. The van der Waals surface area contributed by atoms with E-state index in [1.165, 1.54) is 6.08 Å². The molecule has 5 rings (SSSR count). The van der Waals surface area contributed by atoms with Gasteiger partial charge in [-0.05, 0) is 80.5 Å². The molecule has 0 atom stereocenters. The van der Waals surface area contributed by atoms with E-state index in [0.29, 0.717) is 41.1 Å². The zero-order chi connectivity index (χ0) is 37.7. The Bertz CT molecular complexity index is 2000. The number of carboxylic acids is 2. The molecule has 3 aliphatic heterocycles. The highest BCUT2D eigenvalue weighted by molar-refractivity contribution is 6.04. The number of carbonyl (C=O) groups is 5. The van der Waals surface area contributed by atoms with Crippen molar-refractivity contribution in [3.8, 4) is 0 Å². The Morgan fingerprint density at radius 2 is 1.25 bits per heavy atom. The molecule has 8 N–H and O–H groups in total. The molecule has 0 bridgehead atoms. The van der Waals surface area contributed by atoms with Gasteiger partial charge in [-0.2, -0.15) is 0 Å². The van der Waals surface area contributed by atoms with Gasteiger partial charge in [0.05, 0.1) is 12.2 Å². The number of nitrogens with one attached hydrogen (secondary N) is 6. The van der Waals surface area contributed by atoms with Crippen LogP contribution in [-0.2, 0) is 43.2 Å². The second kappa shape index (κ2) is 15.6. The van der Waals surface area contributed by atoms with Crippen LogP contribution >= 0.6 is 0 Å². The molecule has 1 saturated heterocycles. The molecule has 51 heavy (non-hydrogen) atoms. The van der Waals surface area contributed by atoms with Crippen LogP contribution in [0.4, 0.5) is 0 Å². The lowest BCUT2D eigenvalue weighted by molar-refractivity contribution is -0.138. The van der Waals surface area contributed by atoms with Crippen LogP contribution in [0, 0.1) is 19.3 Å². The molecule has 2 aromatic heterocycles. The summed E-state index contributed by atoms with van der Waals surface area (Å²) in [4.78, 5) is 66.4. The summed E-state index contributed by atoms with van der Waals surface area (Å²) in [6, 6.07) is 0. The predicted molar refractivity (Wildman–Crippen MR) is 192 cm³/mol. The Labute approximate surface area is 295 Å². The van der Waals surface area contributed by atoms with Crippen molar-refractivity contribution in [2.75, 3.05) is 13.6 Å². The van der Waals surface area contributed by atoms with Gasteiger partial charge < -0.3 is 35.7 Å². The average molecular weight is 698 g/mol. The lowest BCUT2D eigenvalue weighted by atomic mass is 9.98. The van der Waals surface area contributed by atoms with E-state index in [2.05, 4.69) is 39.1 Å². The van der Waals surface area contributed by atoms with E-state index in [1.54, 1.807) is 24.9 Å². The Morgan fingerprint density at radius 1 is 0.765 bits per heavy atom. The normalized spacial score (nSPS) is 17.2. The van der Waals surface area contributed by atoms with E-state index < -0.39 is 11.9 Å². The molecule has 0 aromatic carbocycles. The standard InChI is InChI=1S/C33H36N4O6.C4H7N3O/c1-7-20-19(6)32(42)37-27(20)14-25-18(5)23(10-12-31(40)41)29(35-25)15-28-22(9-11-30(38)39)17(4)24(34-28)13-26-16(3)21(8-2)33(43)36-26;1-7-2-3(8)6-4(7)5/h7-8,13-14,34-35H,1-2,9-12,15H2,3-6H3,(H,36,43)(H,37,42)(H,38,39)(H,40,41);2H2,1H3,(H2,5,6,8)/b26-13-,27-14-;. The first kappa shape index (κ1) is 37.6. The molecule has 0 aliphatic carbocycles. The fourth-order valence-corrected chi connectivity index (χ4v) is 6.17. The highest BCUT2D eigenvalue weighted by Gasteiger charge is 2.26. The molecule has 14 heteroatoms. The molecule has 14 nitrogen and oxygen atoms in total. The number of allylic oxidation sites excluding steroid dienone is 2. The second-order valence-corrected chi connectivity index (χ2v) is 12.5. The fraction of sp³-hybridized carbons (Fsp3) is 0.297. The molecular formula is C37H43N7O7. The molecule has 268 valence electrons. The maximum absolute atomic E-state index is 12.3. The monoisotopic (exact) mass is 697 g/mol. The summed E-state index contributed by atoms with van der Waals surface area (Å²) >= 11 is 0. The first-order valence-corrected chi connectivity index (χ1v) is 16.2. The zero-order valence-electron chi connectivity index (χ0n) is 29.3. The Hall–Kier alpha value is -6.18. The number of amides is 3. The Balaban J connectivity index is 0.000000641. The minimum absolute atomic E-state index is 0.0688. The van der Waals surface area contributed by atoms with Crippen molar-refractivity contribution >= 4 is 47.8 Å². The summed E-state index contributed by atoms with van der Waals surface area (Å²) in [6.45, 7) is 15.2. The number of hydrogen-bond acceptors (Lipinski definition) is 6. The van der Waals surface area contributed by atoms with Crippen LogP contribution in [0.1, 0.15) is 71.7 Å². The highest BCUT2D eigenvalue weighted by atomic mass is 16.4. The SMILES string of the molecule is C=CC1=C(C)/C(=C/c2[nH]c(Cc3[nH]c(/C=C4\NC(=O)C(C)=C4C=C)c(C)c3CCC(=O)O)c(CCC(=O)O)c2C)NC1=O.CN1CC(=O)NC1=N. The van der Waals surface area contributed by atoms with Gasteiger partial charge >= 0.3 is 11.9 Å². The number of aliphatic carboxylic acids is 2. The topological polar surface area (TPSA) is 221 Å². The third-order valence-corrected chi connectivity index (χ3v) is 9.13. The van der Waals surface area contributed by atoms with Gasteiger partial charge in [-0.25, -0.2) is 0 Å². The van der Waals surface area contributed by atoms with Crippen molar-refractivity contribution in [2.45, 2.75) is 59.8 Å². The molecule has 5 heterocycles. The Morgan fingerprint density at radius 3 is 1.65 bits per heavy atom. The van der Waals surface area contributed by atoms with Crippen LogP contribution in [0.5, 0.6) is 0 Å². The van der Waals surface area contributed by atoms with Crippen molar-refractivity contribution in [2.24, 2.45) is 0 Å². The zero-order valence-corrected chi connectivity index (χ0v) is 29.3. The van der Waals surface area contributed by atoms with Crippen LogP contribution in [0.15, 0.2) is 59.0 Å². The highest BCUT2D eigenvalue weighted by Crippen LogP contribution is 2.31. The summed E-state index contributed by atoms with van der Waals surface area (Å²) in [7, 11) is 1.69. The number of likely N-dealkylation sites (N-methyl/N-ethyl adjacent to an activating group) is 1. The number of guanidine groups is 1. The van der Waals surface area contributed by atoms with Gasteiger partial charge in [-0.3, -0.25) is 34.7 Å². The van der Waals surface area contributed by atoms with Crippen LogP contribution in [0.2, 0.25) is 0 Å². The van der Waals surface area contributed by atoms with E-state index in [9.17, 15) is 34.2 Å². The summed E-state index contributed by atoms with van der Waals surface area (Å²) in [5.41, 5.74) is 10.2. The lowest BCUT2D eigenvalue weighted by Crippen LogP contribution is -2.25. The number of rotatable bonds is 12. The molecule has 0 spiro atoms. The third kappa shape index (κ3) is 8.35. The van der Waals surface area contributed by atoms with Crippen LogP contribution in [0.3, 0.4) is 0 Å². The molecule has 0 unspecified atom stereocenters. The molecule has 2 aromatic rings. The van der Waals surface area contributed by atoms with Crippen molar-refractivity contribution < 1.29 is 34.2 Å². The maximum atomic E-state index is 12.3. The van der Waals surface area contributed by atoms with Gasteiger partial charge in [-0.15, -0.1) is 0 Å². The fourth-order valence-electron chi connectivity index (χ4n) is 6.17. The van der Waals surface area contributed by atoms with Gasteiger partial charge in [0, 0.05) is 71.5 Å². The Kier molecular flexibility index (Phi) is 11.5. The van der Waals surface area contributed by atoms with E-state index in [1.807, 2.05) is 32.9 Å².